The Morgan fingerprint density at radius 2 is 1.59 bits per heavy atom. The number of hydrogen-bond donors (Lipinski definition) is 1. The third-order valence-electron chi connectivity index (χ3n) is 6.31. The van der Waals surface area contributed by atoms with E-state index in [1.165, 1.54) is 10.4 Å². The van der Waals surface area contributed by atoms with Gasteiger partial charge >= 0.3 is 0 Å². The molecule has 3 aromatic carbocycles. The van der Waals surface area contributed by atoms with Crippen molar-refractivity contribution in [3.05, 3.63) is 95.0 Å². The van der Waals surface area contributed by atoms with Crippen LogP contribution in [0, 0.1) is 11.8 Å². The fraction of sp³-hybridized carbons (Fsp3) is 0.355. The molecule has 0 saturated carbocycles. The van der Waals surface area contributed by atoms with Crippen LogP contribution in [0.5, 0.6) is 0 Å². The van der Waals surface area contributed by atoms with Gasteiger partial charge in [0.15, 0.2) is 0 Å². The molecule has 0 aliphatic heterocycles. The van der Waals surface area contributed by atoms with Crippen LogP contribution in [0.1, 0.15) is 52.5 Å². The lowest BCUT2D eigenvalue weighted by Crippen LogP contribution is -2.66. The Bertz CT molecular complexity index is 1120. The fourth-order valence-corrected chi connectivity index (χ4v) is 10.6. The van der Waals surface area contributed by atoms with Gasteiger partial charge in [0.25, 0.3) is 8.32 Å². The summed E-state index contributed by atoms with van der Waals surface area (Å²) in [5.74, 6) is 7.23. The van der Waals surface area contributed by atoms with Gasteiger partial charge in [0.1, 0.15) is 11.8 Å². The first-order valence-corrected chi connectivity index (χ1v) is 16.9. The molecule has 2 atom stereocenters. The van der Waals surface area contributed by atoms with Gasteiger partial charge in [-0.25, -0.2) is 0 Å². The Morgan fingerprint density at radius 1 is 0.973 bits per heavy atom. The van der Waals surface area contributed by atoms with Crippen LogP contribution in [0.2, 0.25) is 5.04 Å². The molecule has 3 rings (SSSR count). The highest BCUT2D eigenvalue weighted by Crippen LogP contribution is 2.36. The molecular weight excluding hydrogens is 558 g/mol. The minimum atomic E-state index is -2.63. The van der Waals surface area contributed by atoms with E-state index in [-0.39, 0.29) is 11.1 Å². The van der Waals surface area contributed by atoms with Crippen molar-refractivity contribution in [2.24, 2.45) is 0 Å². The van der Waals surface area contributed by atoms with Gasteiger partial charge in [-0.3, -0.25) is 0 Å². The minimum absolute atomic E-state index is 0.0927. The van der Waals surface area contributed by atoms with Gasteiger partial charge in [-0.1, -0.05) is 129 Å². The first kappa shape index (κ1) is 29.7. The summed E-state index contributed by atoms with van der Waals surface area (Å²) in [6, 6.07) is 29.0. The van der Waals surface area contributed by atoms with Crippen molar-refractivity contribution < 1.29 is 8.98 Å². The number of benzene rings is 3. The van der Waals surface area contributed by atoms with Crippen molar-refractivity contribution >= 4 is 46.0 Å². The zero-order chi connectivity index (χ0) is 26.7. The lowest BCUT2D eigenvalue weighted by Gasteiger charge is -2.43. The van der Waals surface area contributed by atoms with E-state index in [4.69, 9.17) is 4.43 Å². The number of hydrogen-bond acceptors (Lipinski definition) is 3. The zero-order valence-electron chi connectivity index (χ0n) is 22.3. The second-order valence-electron chi connectivity index (χ2n) is 10.2. The third kappa shape index (κ3) is 8.31. The molecule has 0 heterocycles. The van der Waals surface area contributed by atoms with Crippen molar-refractivity contribution in [2.75, 3.05) is 12.4 Å². The van der Waals surface area contributed by atoms with Gasteiger partial charge in [-0.2, -0.15) is 0 Å². The Hall–Kier alpha value is -1.85. The molecule has 0 spiro atoms. The van der Waals surface area contributed by atoms with Crippen molar-refractivity contribution in [2.45, 2.75) is 58.0 Å². The van der Waals surface area contributed by atoms with Gasteiger partial charge < -0.3 is 8.98 Å². The summed E-state index contributed by atoms with van der Waals surface area (Å²) in [7, 11) is -2.63. The lowest BCUT2D eigenvalue weighted by molar-refractivity contribution is 0.285. The zero-order valence-corrected chi connectivity index (χ0v) is 25.7. The Balaban J connectivity index is 1.88. The monoisotopic (exact) mass is 595 g/mol. The van der Waals surface area contributed by atoms with E-state index < -0.39 is 19.7 Å². The summed E-state index contributed by atoms with van der Waals surface area (Å²) in [5.41, 5.74) is 0.924. The first-order chi connectivity index (χ1) is 17.8. The molecule has 0 radical (unpaired) electrons. The maximum atomic E-state index is 12.7. The summed E-state index contributed by atoms with van der Waals surface area (Å²) >= 11 is 2.39. The average molecular weight is 597 g/mol. The second kappa shape index (κ2) is 14.3. The first-order valence-electron chi connectivity index (χ1n) is 12.9. The van der Waals surface area contributed by atoms with Gasteiger partial charge in [0.2, 0.25) is 0 Å². The minimum Gasteiger partial charge on any atom is -0.598 e. The molecule has 1 N–H and O–H groups in total. The molecule has 37 heavy (non-hydrogen) atoms. The summed E-state index contributed by atoms with van der Waals surface area (Å²) in [5, 5.41) is 2.42. The molecule has 0 aliphatic carbocycles. The molecule has 0 bridgehead atoms. The quantitative estimate of drug-likeness (QED) is 0.163. The van der Waals surface area contributed by atoms with Crippen LogP contribution < -0.4 is 15.1 Å². The molecule has 0 fully saturated rings. The second-order valence-corrected chi connectivity index (χ2v) is 16.7. The highest BCUT2D eigenvalue weighted by Gasteiger charge is 2.50. The summed E-state index contributed by atoms with van der Waals surface area (Å²) in [6.07, 6.45) is 2.58. The van der Waals surface area contributed by atoms with E-state index in [2.05, 4.69) is 121 Å². The Morgan fingerprint density at radius 3 is 2.14 bits per heavy atom. The molecular formula is C31H38BrNO2SSi. The number of unbranched alkanes of at least 4 members (excludes halogenated alkanes) is 1. The number of nitrogens with one attached hydrogen (secondary N) is 1. The third-order valence-corrected chi connectivity index (χ3v) is 13.1. The normalized spacial score (nSPS) is 13.5. The SMILES string of the molecule is CCCC[S+]([O-])N[C@@H](C#Cc1cccc(Br)c1)CCO[Si](c1ccccc1)(c1ccccc1)C(C)(C)C. The van der Waals surface area contributed by atoms with Crippen LogP contribution >= 0.6 is 15.9 Å². The topological polar surface area (TPSA) is 44.3 Å². The van der Waals surface area contributed by atoms with Crippen molar-refractivity contribution in [3.8, 4) is 11.8 Å². The van der Waals surface area contributed by atoms with Gasteiger partial charge in [0, 0.05) is 34.4 Å². The van der Waals surface area contributed by atoms with Crippen molar-refractivity contribution in [3.63, 3.8) is 0 Å². The highest BCUT2D eigenvalue weighted by molar-refractivity contribution is 9.10. The smallest absolute Gasteiger partial charge is 0.261 e. The average Bonchev–Trinajstić information content (AvgIpc) is 2.88. The maximum Gasteiger partial charge on any atom is 0.261 e. The van der Waals surface area contributed by atoms with Crippen LogP contribution in [-0.4, -0.2) is 31.3 Å². The largest absolute Gasteiger partial charge is 0.598 e. The van der Waals surface area contributed by atoms with Crippen LogP contribution in [0.3, 0.4) is 0 Å². The maximum absolute atomic E-state index is 12.7. The van der Waals surface area contributed by atoms with Gasteiger partial charge in [-0.05, 0) is 40.0 Å². The number of halogens is 1. The van der Waals surface area contributed by atoms with Crippen molar-refractivity contribution in [1.82, 2.24) is 4.72 Å². The van der Waals surface area contributed by atoms with E-state index in [0.717, 1.165) is 22.9 Å². The van der Waals surface area contributed by atoms with Crippen LogP contribution in [0.15, 0.2) is 89.4 Å². The van der Waals surface area contributed by atoms with Crippen LogP contribution in [-0.2, 0) is 15.8 Å². The standard InChI is InChI=1S/C31H38BrNO2SSi/c1-5-6-24-36(34)33-28(21-20-26-14-13-15-27(32)25-26)22-23-35-37(31(2,3)4,29-16-9-7-10-17-29)30-18-11-8-12-19-30/h7-19,25,28,33H,5-6,22-24H2,1-4H3/t28-,36?/m0/s1. The summed E-state index contributed by atoms with van der Waals surface area (Å²) in [6.45, 7) is 9.47. The Labute approximate surface area is 236 Å². The van der Waals surface area contributed by atoms with Gasteiger partial charge in [0.05, 0.1) is 0 Å². The van der Waals surface area contributed by atoms with Crippen LogP contribution in [0.4, 0.5) is 0 Å². The molecule has 196 valence electrons. The van der Waals surface area contributed by atoms with E-state index in [0.29, 0.717) is 18.8 Å². The van der Waals surface area contributed by atoms with Crippen LogP contribution in [0.25, 0.3) is 0 Å². The molecule has 3 aromatic rings. The summed E-state index contributed by atoms with van der Waals surface area (Å²) in [4.78, 5) is 0. The molecule has 0 amide bonds. The van der Waals surface area contributed by atoms with Crippen molar-refractivity contribution in [1.29, 1.82) is 0 Å². The van der Waals surface area contributed by atoms with E-state index >= 15 is 0 Å². The van der Waals surface area contributed by atoms with Gasteiger partial charge in [-0.15, -0.1) is 4.72 Å². The highest BCUT2D eigenvalue weighted by atomic mass is 79.9. The predicted octanol–water partition coefficient (Wildman–Crippen LogP) is 6.19. The number of rotatable bonds is 11. The molecule has 0 saturated heterocycles. The molecule has 3 nitrogen and oxygen atoms in total. The molecule has 1 unspecified atom stereocenters. The lowest BCUT2D eigenvalue weighted by atomic mass is 10.2. The molecule has 0 aromatic heterocycles. The summed E-state index contributed by atoms with van der Waals surface area (Å²) < 4.78 is 24.0. The van der Waals surface area contributed by atoms with E-state index in [1.807, 2.05) is 24.3 Å². The Kier molecular flexibility index (Phi) is 11.5. The fourth-order valence-electron chi connectivity index (χ4n) is 4.48. The van der Waals surface area contributed by atoms with E-state index in [1.54, 1.807) is 0 Å². The van der Waals surface area contributed by atoms with E-state index in [9.17, 15) is 4.55 Å². The molecule has 0 aliphatic rings. The molecule has 6 heteroatoms. The predicted molar refractivity (Wildman–Crippen MR) is 164 cm³/mol.